The number of hydrogen-bond donors (Lipinski definition) is 1. The summed E-state index contributed by atoms with van der Waals surface area (Å²) >= 11 is 2.74. The molecule has 0 aromatic carbocycles. The van der Waals surface area contributed by atoms with Crippen LogP contribution in [0, 0.1) is 6.92 Å². The van der Waals surface area contributed by atoms with Gasteiger partial charge in [-0.15, -0.1) is 11.3 Å². The predicted molar refractivity (Wildman–Crippen MR) is 62.2 cm³/mol. The van der Waals surface area contributed by atoms with E-state index in [4.69, 9.17) is 5.11 Å². The van der Waals surface area contributed by atoms with Gasteiger partial charge in [0.05, 0.1) is 5.56 Å². The van der Waals surface area contributed by atoms with Gasteiger partial charge in [-0.25, -0.2) is 14.8 Å². The van der Waals surface area contributed by atoms with E-state index < -0.39 is 5.97 Å². The highest BCUT2D eigenvalue weighted by Crippen LogP contribution is 2.31. The third-order valence-electron chi connectivity index (χ3n) is 1.93. The van der Waals surface area contributed by atoms with Crippen molar-refractivity contribution in [3.63, 3.8) is 0 Å². The van der Waals surface area contributed by atoms with Gasteiger partial charge >= 0.3 is 5.97 Å². The Balaban J connectivity index is 2.40. The van der Waals surface area contributed by atoms with E-state index in [1.54, 1.807) is 25.4 Å². The van der Waals surface area contributed by atoms with Crippen molar-refractivity contribution < 1.29 is 9.90 Å². The van der Waals surface area contributed by atoms with Gasteiger partial charge < -0.3 is 5.11 Å². The average Bonchev–Trinajstić information content (AvgIpc) is 2.70. The zero-order chi connectivity index (χ0) is 11.5. The molecule has 0 aliphatic rings. The Morgan fingerprint density at radius 3 is 2.88 bits per heavy atom. The standard InChI is InChI=1S/C10H8N2O2S2/c1-6-2-3-11-8(7(6)9(13)14)16-10-12-4-5-15-10/h2-5H,1H3,(H,13,14). The summed E-state index contributed by atoms with van der Waals surface area (Å²) in [6.45, 7) is 1.76. The van der Waals surface area contributed by atoms with Crippen LogP contribution in [0.25, 0.3) is 0 Å². The second kappa shape index (κ2) is 4.63. The molecule has 16 heavy (non-hydrogen) atoms. The molecule has 0 atom stereocenters. The van der Waals surface area contributed by atoms with Gasteiger partial charge in [0.15, 0.2) is 4.34 Å². The summed E-state index contributed by atoms with van der Waals surface area (Å²) in [6.07, 6.45) is 3.29. The largest absolute Gasteiger partial charge is 0.478 e. The van der Waals surface area contributed by atoms with Gasteiger partial charge in [-0.3, -0.25) is 0 Å². The van der Waals surface area contributed by atoms with E-state index in [-0.39, 0.29) is 5.56 Å². The maximum absolute atomic E-state index is 11.1. The van der Waals surface area contributed by atoms with Crippen molar-refractivity contribution >= 4 is 29.1 Å². The van der Waals surface area contributed by atoms with Crippen LogP contribution in [0.1, 0.15) is 15.9 Å². The number of nitrogens with zero attached hydrogens (tertiary/aromatic N) is 2. The summed E-state index contributed by atoms with van der Waals surface area (Å²) in [5.41, 5.74) is 0.962. The number of rotatable bonds is 3. The number of carboxylic acids is 1. The Bertz CT molecular complexity index is 512. The summed E-state index contributed by atoms with van der Waals surface area (Å²) in [5, 5.41) is 11.4. The summed E-state index contributed by atoms with van der Waals surface area (Å²) in [7, 11) is 0. The zero-order valence-electron chi connectivity index (χ0n) is 8.38. The highest BCUT2D eigenvalue weighted by molar-refractivity contribution is 8.01. The first-order chi connectivity index (χ1) is 7.68. The summed E-state index contributed by atoms with van der Waals surface area (Å²) in [5.74, 6) is -0.954. The lowest BCUT2D eigenvalue weighted by molar-refractivity contribution is 0.0691. The molecule has 0 fully saturated rings. The van der Waals surface area contributed by atoms with Crippen LogP contribution in [-0.4, -0.2) is 21.0 Å². The molecule has 0 bridgehead atoms. The Labute approximate surface area is 100 Å². The zero-order valence-corrected chi connectivity index (χ0v) is 10.0. The second-order valence-corrected chi connectivity index (χ2v) is 5.14. The van der Waals surface area contributed by atoms with Crippen molar-refractivity contribution in [1.29, 1.82) is 0 Å². The van der Waals surface area contributed by atoms with E-state index in [9.17, 15) is 4.79 Å². The minimum atomic E-state index is -0.954. The number of carbonyl (C=O) groups is 1. The molecule has 1 N–H and O–H groups in total. The van der Waals surface area contributed by atoms with Crippen LogP contribution >= 0.6 is 23.1 Å². The van der Waals surface area contributed by atoms with Gasteiger partial charge in [0, 0.05) is 17.8 Å². The number of thiazole rings is 1. The molecule has 2 aromatic rings. The Hall–Kier alpha value is -1.40. The lowest BCUT2D eigenvalue weighted by Crippen LogP contribution is -2.03. The van der Waals surface area contributed by atoms with Gasteiger partial charge in [-0.2, -0.15) is 0 Å². The average molecular weight is 252 g/mol. The maximum Gasteiger partial charge on any atom is 0.338 e. The van der Waals surface area contributed by atoms with Crippen molar-refractivity contribution in [2.75, 3.05) is 0 Å². The molecule has 0 aliphatic heterocycles. The van der Waals surface area contributed by atoms with Crippen LogP contribution in [0.5, 0.6) is 0 Å². The molecule has 0 saturated carbocycles. The minimum Gasteiger partial charge on any atom is -0.478 e. The van der Waals surface area contributed by atoms with Gasteiger partial charge in [0.1, 0.15) is 5.03 Å². The van der Waals surface area contributed by atoms with Crippen LogP contribution in [0.4, 0.5) is 0 Å². The third kappa shape index (κ3) is 2.23. The SMILES string of the molecule is Cc1ccnc(Sc2nccs2)c1C(=O)O. The summed E-state index contributed by atoms with van der Waals surface area (Å²) in [6, 6.07) is 1.69. The van der Waals surface area contributed by atoms with E-state index in [1.165, 1.54) is 23.1 Å². The molecular formula is C10H8N2O2S2. The number of carboxylic acid groups (broad SMARTS) is 1. The van der Waals surface area contributed by atoms with E-state index in [1.807, 2.05) is 5.38 Å². The molecule has 0 amide bonds. The Morgan fingerprint density at radius 1 is 1.44 bits per heavy atom. The van der Waals surface area contributed by atoms with Crippen LogP contribution in [-0.2, 0) is 0 Å². The van der Waals surface area contributed by atoms with Gasteiger partial charge in [-0.1, -0.05) is 0 Å². The molecule has 0 spiro atoms. The normalized spacial score (nSPS) is 10.3. The fourth-order valence-corrected chi connectivity index (χ4v) is 2.91. The second-order valence-electron chi connectivity index (χ2n) is 3.01. The van der Waals surface area contributed by atoms with E-state index >= 15 is 0 Å². The first kappa shape index (κ1) is 11.1. The minimum absolute atomic E-state index is 0.253. The first-order valence-corrected chi connectivity index (χ1v) is 6.14. The third-order valence-corrected chi connectivity index (χ3v) is 3.82. The quantitative estimate of drug-likeness (QED) is 0.910. The lowest BCUT2D eigenvalue weighted by atomic mass is 10.2. The smallest absolute Gasteiger partial charge is 0.338 e. The van der Waals surface area contributed by atoms with Gasteiger partial charge in [-0.05, 0) is 30.3 Å². The number of aromatic nitrogens is 2. The number of aromatic carboxylic acids is 1. The maximum atomic E-state index is 11.1. The highest BCUT2D eigenvalue weighted by Gasteiger charge is 2.16. The van der Waals surface area contributed by atoms with Crippen LogP contribution in [0.15, 0.2) is 33.2 Å². The van der Waals surface area contributed by atoms with Gasteiger partial charge in [0.25, 0.3) is 0 Å². The van der Waals surface area contributed by atoms with Crippen LogP contribution < -0.4 is 0 Å². The number of pyridine rings is 1. The van der Waals surface area contributed by atoms with E-state index in [0.29, 0.717) is 10.6 Å². The molecule has 2 rings (SSSR count). The van der Waals surface area contributed by atoms with Crippen LogP contribution in [0.3, 0.4) is 0 Å². The Kier molecular flexibility index (Phi) is 3.21. The molecule has 4 nitrogen and oxygen atoms in total. The molecule has 0 radical (unpaired) electrons. The summed E-state index contributed by atoms with van der Waals surface area (Å²) < 4.78 is 0.792. The number of hydrogen-bond acceptors (Lipinski definition) is 5. The summed E-state index contributed by atoms with van der Waals surface area (Å²) in [4.78, 5) is 19.3. The lowest BCUT2D eigenvalue weighted by Gasteiger charge is -2.05. The fraction of sp³-hybridized carbons (Fsp3) is 0.100. The van der Waals surface area contributed by atoms with Crippen LogP contribution in [0.2, 0.25) is 0 Å². The predicted octanol–water partition coefficient (Wildman–Crippen LogP) is 2.70. The molecule has 0 saturated heterocycles. The molecule has 82 valence electrons. The van der Waals surface area contributed by atoms with Crippen molar-refractivity contribution in [2.24, 2.45) is 0 Å². The van der Waals surface area contributed by atoms with E-state index in [2.05, 4.69) is 9.97 Å². The van der Waals surface area contributed by atoms with Crippen molar-refractivity contribution in [3.8, 4) is 0 Å². The van der Waals surface area contributed by atoms with Crippen molar-refractivity contribution in [1.82, 2.24) is 9.97 Å². The molecule has 2 heterocycles. The van der Waals surface area contributed by atoms with Crippen molar-refractivity contribution in [2.45, 2.75) is 16.3 Å². The molecule has 0 unspecified atom stereocenters. The monoisotopic (exact) mass is 252 g/mol. The fourth-order valence-electron chi connectivity index (χ4n) is 1.21. The molecule has 6 heteroatoms. The molecular weight excluding hydrogens is 244 g/mol. The van der Waals surface area contributed by atoms with Crippen molar-refractivity contribution in [3.05, 3.63) is 35.0 Å². The molecule has 2 aromatic heterocycles. The van der Waals surface area contributed by atoms with E-state index in [0.717, 1.165) is 4.34 Å². The number of aryl methyl sites for hydroxylation is 1. The highest BCUT2D eigenvalue weighted by atomic mass is 32.2. The Morgan fingerprint density at radius 2 is 2.25 bits per heavy atom. The molecule has 0 aliphatic carbocycles. The van der Waals surface area contributed by atoms with Gasteiger partial charge in [0.2, 0.25) is 0 Å². The first-order valence-electron chi connectivity index (χ1n) is 4.44. The topological polar surface area (TPSA) is 63.1 Å².